The molecule has 26 heavy (non-hydrogen) atoms. The minimum Gasteiger partial charge on any atom is -0.382 e. The molecule has 156 valence electrons. The summed E-state index contributed by atoms with van der Waals surface area (Å²) in [7, 11) is 3.60. The molecule has 1 saturated heterocycles. The van der Waals surface area contributed by atoms with Crippen molar-refractivity contribution in [2.45, 2.75) is 58.8 Å². The maximum absolute atomic E-state index is 5.68. The van der Waals surface area contributed by atoms with Gasteiger partial charge in [0.05, 0.1) is 19.8 Å². The van der Waals surface area contributed by atoms with Gasteiger partial charge in [-0.05, 0) is 18.8 Å². The first-order valence-electron chi connectivity index (χ1n) is 10.2. The Morgan fingerprint density at radius 3 is 2.69 bits per heavy atom. The fourth-order valence-electron chi connectivity index (χ4n) is 3.35. The van der Waals surface area contributed by atoms with Crippen LogP contribution in [0.1, 0.15) is 58.8 Å². The van der Waals surface area contributed by atoms with E-state index < -0.39 is 0 Å². The predicted molar refractivity (Wildman–Crippen MR) is 122 cm³/mol. The molecule has 1 heterocycles. The number of nitrogens with one attached hydrogen (secondary N) is 1. The first-order valence-corrected chi connectivity index (χ1v) is 10.2. The quantitative estimate of drug-likeness (QED) is 0.185. The Hall–Kier alpha value is -0.0800. The number of nitrogens with zero attached hydrogens (tertiary/aromatic N) is 2. The van der Waals surface area contributed by atoms with Gasteiger partial charge in [0.15, 0.2) is 5.96 Å². The van der Waals surface area contributed by atoms with Crippen LogP contribution in [-0.4, -0.2) is 64.5 Å². The number of aliphatic imine (C=N–C) groups is 1. The highest BCUT2D eigenvalue weighted by Gasteiger charge is 2.25. The molecule has 0 radical (unpaired) electrons. The average Bonchev–Trinajstić information content (AvgIpc) is 3.08. The van der Waals surface area contributed by atoms with Crippen LogP contribution in [0.3, 0.4) is 0 Å². The summed E-state index contributed by atoms with van der Waals surface area (Å²) in [5, 5.41) is 3.58. The van der Waals surface area contributed by atoms with Crippen molar-refractivity contribution in [2.24, 2.45) is 16.8 Å². The third kappa shape index (κ3) is 11.6. The number of hydrogen-bond donors (Lipinski definition) is 1. The molecule has 1 N–H and O–H groups in total. The van der Waals surface area contributed by atoms with Gasteiger partial charge in [-0.2, -0.15) is 0 Å². The molecule has 0 bridgehead atoms. The Balaban J connectivity index is 0.00000625. The van der Waals surface area contributed by atoms with E-state index >= 15 is 0 Å². The van der Waals surface area contributed by atoms with Crippen LogP contribution in [0.2, 0.25) is 0 Å². The summed E-state index contributed by atoms with van der Waals surface area (Å²) < 4.78 is 10.7. The summed E-state index contributed by atoms with van der Waals surface area (Å²) >= 11 is 0. The van der Waals surface area contributed by atoms with E-state index in [4.69, 9.17) is 9.47 Å². The molecule has 1 rings (SSSR count). The number of unbranched alkanes of at least 4 members (excludes halogenated alkanes) is 4. The van der Waals surface area contributed by atoms with Crippen LogP contribution in [0.4, 0.5) is 0 Å². The Morgan fingerprint density at radius 2 is 2.00 bits per heavy atom. The molecule has 1 fully saturated rings. The normalized spacial score (nSPS) is 18.7. The molecule has 0 aromatic carbocycles. The lowest BCUT2D eigenvalue weighted by atomic mass is 10.0. The first-order chi connectivity index (χ1) is 12.2. The SMILES string of the molecule is CCCCCCCC(C)CNC(=NC)N1CCC(COCCOC)C1.I. The first kappa shape index (κ1) is 25.9. The molecule has 6 heteroatoms. The van der Waals surface area contributed by atoms with Gasteiger partial charge >= 0.3 is 0 Å². The Morgan fingerprint density at radius 1 is 1.23 bits per heavy atom. The molecule has 2 atom stereocenters. The van der Waals surface area contributed by atoms with Crippen molar-refractivity contribution >= 4 is 29.9 Å². The molecule has 2 unspecified atom stereocenters. The summed E-state index contributed by atoms with van der Waals surface area (Å²) in [4.78, 5) is 6.85. The topological polar surface area (TPSA) is 46.1 Å². The van der Waals surface area contributed by atoms with Crippen molar-refractivity contribution in [3.63, 3.8) is 0 Å². The maximum atomic E-state index is 5.68. The van der Waals surface area contributed by atoms with Gasteiger partial charge in [-0.15, -0.1) is 24.0 Å². The summed E-state index contributed by atoms with van der Waals surface area (Å²) in [6, 6.07) is 0. The van der Waals surface area contributed by atoms with Gasteiger partial charge in [-0.25, -0.2) is 0 Å². The fraction of sp³-hybridized carbons (Fsp3) is 0.950. The molecule has 0 aromatic rings. The number of hydrogen-bond acceptors (Lipinski definition) is 3. The summed E-state index contributed by atoms with van der Waals surface area (Å²) in [6.07, 6.45) is 9.31. The van der Waals surface area contributed by atoms with Crippen molar-refractivity contribution in [1.29, 1.82) is 0 Å². The predicted octanol–water partition coefficient (Wildman–Crippen LogP) is 4.16. The largest absolute Gasteiger partial charge is 0.382 e. The minimum absolute atomic E-state index is 0. The van der Waals surface area contributed by atoms with Crippen LogP contribution in [-0.2, 0) is 9.47 Å². The van der Waals surface area contributed by atoms with Crippen molar-refractivity contribution < 1.29 is 9.47 Å². The number of methoxy groups -OCH3 is 1. The van der Waals surface area contributed by atoms with E-state index in [1.807, 2.05) is 7.05 Å². The van der Waals surface area contributed by atoms with Gasteiger partial charge in [0, 0.05) is 39.7 Å². The minimum atomic E-state index is 0. The van der Waals surface area contributed by atoms with Gasteiger partial charge in [0.2, 0.25) is 0 Å². The zero-order valence-corrected chi connectivity index (χ0v) is 19.8. The molecule has 0 spiro atoms. The molecule has 0 amide bonds. The van der Waals surface area contributed by atoms with E-state index in [1.165, 1.54) is 44.9 Å². The van der Waals surface area contributed by atoms with Crippen LogP contribution in [0, 0.1) is 11.8 Å². The molecule has 0 aromatic heterocycles. The second-order valence-corrected chi connectivity index (χ2v) is 7.40. The van der Waals surface area contributed by atoms with E-state index in [9.17, 15) is 0 Å². The van der Waals surface area contributed by atoms with Crippen LogP contribution in [0.25, 0.3) is 0 Å². The van der Waals surface area contributed by atoms with Crippen molar-refractivity contribution in [3.8, 4) is 0 Å². The summed E-state index contributed by atoms with van der Waals surface area (Å²) in [5.74, 6) is 2.36. The second kappa shape index (κ2) is 17.0. The van der Waals surface area contributed by atoms with Crippen LogP contribution in [0.15, 0.2) is 4.99 Å². The standard InChI is InChI=1S/C20H41N3O2.HI/c1-5-6-7-8-9-10-18(2)15-22-20(21-3)23-12-11-19(16-23)17-25-14-13-24-4;/h18-19H,5-17H2,1-4H3,(H,21,22);1H. The van der Waals surface area contributed by atoms with E-state index in [-0.39, 0.29) is 24.0 Å². The number of ether oxygens (including phenoxy) is 2. The zero-order chi connectivity index (χ0) is 18.3. The molecular weight excluding hydrogens is 441 g/mol. The Labute approximate surface area is 178 Å². The highest BCUT2D eigenvalue weighted by Crippen LogP contribution is 2.17. The Bertz CT molecular complexity index is 356. The molecule has 5 nitrogen and oxygen atoms in total. The molecule has 0 aliphatic carbocycles. The second-order valence-electron chi connectivity index (χ2n) is 7.40. The maximum Gasteiger partial charge on any atom is 0.193 e. The smallest absolute Gasteiger partial charge is 0.193 e. The lowest BCUT2D eigenvalue weighted by molar-refractivity contribution is 0.0536. The lowest BCUT2D eigenvalue weighted by Gasteiger charge is -2.23. The van der Waals surface area contributed by atoms with Gasteiger partial charge in [0.25, 0.3) is 0 Å². The monoisotopic (exact) mass is 483 g/mol. The van der Waals surface area contributed by atoms with Crippen molar-refractivity contribution in [1.82, 2.24) is 10.2 Å². The van der Waals surface area contributed by atoms with Gasteiger partial charge in [-0.3, -0.25) is 4.99 Å². The Kier molecular flexibility index (Phi) is 17.0. The van der Waals surface area contributed by atoms with E-state index in [0.29, 0.717) is 25.0 Å². The van der Waals surface area contributed by atoms with Crippen molar-refractivity contribution in [3.05, 3.63) is 0 Å². The zero-order valence-electron chi connectivity index (χ0n) is 17.5. The van der Waals surface area contributed by atoms with E-state index in [0.717, 1.165) is 32.2 Å². The molecule has 1 aliphatic rings. The number of halogens is 1. The molecule has 0 saturated carbocycles. The average molecular weight is 483 g/mol. The fourth-order valence-corrected chi connectivity index (χ4v) is 3.35. The summed E-state index contributed by atoms with van der Waals surface area (Å²) in [5.41, 5.74) is 0. The third-order valence-electron chi connectivity index (χ3n) is 4.99. The lowest BCUT2D eigenvalue weighted by Crippen LogP contribution is -2.42. The highest BCUT2D eigenvalue weighted by molar-refractivity contribution is 14.0. The van der Waals surface area contributed by atoms with Crippen LogP contribution in [0.5, 0.6) is 0 Å². The number of guanidine groups is 1. The van der Waals surface area contributed by atoms with Crippen molar-refractivity contribution in [2.75, 3.05) is 53.6 Å². The van der Waals surface area contributed by atoms with E-state index in [2.05, 4.69) is 29.1 Å². The third-order valence-corrected chi connectivity index (χ3v) is 4.99. The van der Waals surface area contributed by atoms with Gasteiger partial charge in [0.1, 0.15) is 0 Å². The highest BCUT2D eigenvalue weighted by atomic mass is 127. The van der Waals surface area contributed by atoms with Crippen LogP contribution < -0.4 is 5.32 Å². The number of likely N-dealkylation sites (tertiary alicyclic amines) is 1. The number of rotatable bonds is 13. The molecular formula is C20H42IN3O2. The van der Waals surface area contributed by atoms with Crippen LogP contribution >= 0.6 is 24.0 Å². The van der Waals surface area contributed by atoms with Gasteiger partial charge < -0.3 is 19.7 Å². The summed E-state index contributed by atoms with van der Waals surface area (Å²) in [6.45, 7) is 9.94. The van der Waals surface area contributed by atoms with E-state index in [1.54, 1.807) is 7.11 Å². The molecule has 1 aliphatic heterocycles. The van der Waals surface area contributed by atoms with Gasteiger partial charge in [-0.1, -0.05) is 46.0 Å².